The van der Waals surface area contributed by atoms with Crippen LogP contribution in [0.25, 0.3) is 44.1 Å². The number of carboxylic acids is 1. The van der Waals surface area contributed by atoms with Crippen LogP contribution >= 0.6 is 0 Å². The topological polar surface area (TPSA) is 139 Å². The lowest BCUT2D eigenvalue weighted by Crippen LogP contribution is -2.15. The fraction of sp³-hybridized carbons (Fsp3) is 0. The first-order valence-electron chi connectivity index (χ1n) is 8.65. The van der Waals surface area contributed by atoms with Crippen LogP contribution in [0.1, 0.15) is 10.4 Å². The number of nitrogens with one attached hydrogen (secondary N) is 2. The molecule has 0 aliphatic carbocycles. The van der Waals surface area contributed by atoms with E-state index in [1.165, 1.54) is 30.5 Å². The van der Waals surface area contributed by atoms with Crippen LogP contribution in [0.15, 0.2) is 48.7 Å². The maximum Gasteiger partial charge on any atom is 0.377 e. The number of pyridine rings is 1. The smallest absolute Gasteiger partial charge is 0.377 e. The molecule has 0 saturated heterocycles. The van der Waals surface area contributed by atoms with Gasteiger partial charge in [0.05, 0.1) is 28.7 Å². The Morgan fingerprint density at radius 3 is 2.41 bits per heavy atom. The van der Waals surface area contributed by atoms with E-state index in [-0.39, 0.29) is 22.8 Å². The van der Waals surface area contributed by atoms with Gasteiger partial charge in [-0.3, -0.25) is 9.78 Å². The summed E-state index contributed by atoms with van der Waals surface area (Å²) >= 11 is 0. The average Bonchev–Trinajstić information content (AvgIpc) is 3.27. The van der Waals surface area contributed by atoms with E-state index in [0.717, 1.165) is 5.39 Å². The highest BCUT2D eigenvalue weighted by atomic mass is 16.4. The number of nitrogens with zero attached hydrogens (tertiary/aromatic N) is 1. The second-order valence-corrected chi connectivity index (χ2v) is 6.71. The van der Waals surface area contributed by atoms with Gasteiger partial charge in [-0.15, -0.1) is 0 Å². The molecular formula is C21H13N3O5. The Morgan fingerprint density at radius 1 is 0.862 bits per heavy atom. The zero-order valence-corrected chi connectivity index (χ0v) is 14.7. The molecule has 0 spiro atoms. The number of phenols is 2. The quantitative estimate of drug-likeness (QED) is 0.237. The number of aromatic nitrogens is 3. The van der Waals surface area contributed by atoms with E-state index in [1.54, 1.807) is 18.2 Å². The van der Waals surface area contributed by atoms with Crippen LogP contribution in [-0.2, 0) is 4.79 Å². The van der Waals surface area contributed by atoms with Crippen molar-refractivity contribution in [3.05, 3.63) is 54.2 Å². The molecule has 0 amide bonds. The molecule has 0 aliphatic rings. The zero-order valence-electron chi connectivity index (χ0n) is 14.7. The van der Waals surface area contributed by atoms with Gasteiger partial charge < -0.3 is 25.3 Å². The fourth-order valence-electron chi connectivity index (χ4n) is 3.65. The first kappa shape index (κ1) is 16.8. The molecular weight excluding hydrogens is 374 g/mol. The zero-order chi connectivity index (χ0) is 20.3. The van der Waals surface area contributed by atoms with Crippen molar-refractivity contribution >= 4 is 44.5 Å². The Balaban J connectivity index is 1.90. The molecule has 5 rings (SSSR count). The number of aliphatic carboxylic acids is 1. The summed E-state index contributed by atoms with van der Waals surface area (Å²) in [5.41, 5.74) is 2.26. The van der Waals surface area contributed by atoms with Gasteiger partial charge in [-0.2, -0.15) is 0 Å². The van der Waals surface area contributed by atoms with Crippen molar-refractivity contribution in [1.82, 2.24) is 15.0 Å². The largest absolute Gasteiger partial charge is 0.508 e. The van der Waals surface area contributed by atoms with E-state index in [2.05, 4.69) is 15.0 Å². The maximum absolute atomic E-state index is 12.7. The van der Waals surface area contributed by atoms with Gasteiger partial charge in [-0.05, 0) is 36.4 Å². The third-order valence-electron chi connectivity index (χ3n) is 4.90. The molecule has 29 heavy (non-hydrogen) atoms. The van der Waals surface area contributed by atoms with Gasteiger partial charge in [0.2, 0.25) is 0 Å². The van der Waals surface area contributed by atoms with E-state index >= 15 is 0 Å². The molecule has 0 aliphatic heterocycles. The van der Waals surface area contributed by atoms with Crippen molar-refractivity contribution in [1.29, 1.82) is 0 Å². The molecule has 0 bridgehead atoms. The molecule has 2 aromatic carbocycles. The number of Topliss-reactive ketones (excluding diaryl/α,β-unsaturated/α-hetero) is 1. The van der Waals surface area contributed by atoms with Crippen LogP contribution in [0.3, 0.4) is 0 Å². The van der Waals surface area contributed by atoms with Crippen molar-refractivity contribution in [3.8, 4) is 22.9 Å². The predicted molar refractivity (Wildman–Crippen MR) is 106 cm³/mol. The number of H-pyrrole nitrogens is 2. The number of ketones is 1. The summed E-state index contributed by atoms with van der Waals surface area (Å²) in [6.45, 7) is 0. The number of carboxylic acid groups (broad SMARTS) is 1. The number of carbonyl (C=O) groups is 2. The molecule has 0 unspecified atom stereocenters. The Bertz CT molecular complexity index is 1480. The molecule has 0 radical (unpaired) electrons. The van der Waals surface area contributed by atoms with Gasteiger partial charge in [0.15, 0.2) is 0 Å². The first-order chi connectivity index (χ1) is 13.9. The van der Waals surface area contributed by atoms with Crippen LogP contribution in [0.2, 0.25) is 0 Å². The van der Waals surface area contributed by atoms with Crippen LogP contribution in [0, 0.1) is 0 Å². The second kappa shape index (κ2) is 5.83. The number of benzene rings is 2. The lowest BCUT2D eigenvalue weighted by atomic mass is 10.00. The van der Waals surface area contributed by atoms with Gasteiger partial charge in [-0.1, -0.05) is 0 Å². The van der Waals surface area contributed by atoms with E-state index < -0.39 is 11.8 Å². The number of phenolic OH excluding ortho intramolecular Hbond substituents is 2. The minimum absolute atomic E-state index is 0.00780. The normalized spacial score (nSPS) is 11.4. The highest BCUT2D eigenvalue weighted by Gasteiger charge is 2.26. The van der Waals surface area contributed by atoms with Crippen molar-refractivity contribution < 1.29 is 24.9 Å². The number of aromatic amines is 2. The SMILES string of the molecule is O=C(O)C(=O)c1c(-c2cc3ccc(O)cc3[nH]2)ncc2[nH]c3ccc(O)cc3c12. The Labute approximate surface area is 162 Å². The highest BCUT2D eigenvalue weighted by Crippen LogP contribution is 2.36. The van der Waals surface area contributed by atoms with Crippen LogP contribution in [-0.4, -0.2) is 42.0 Å². The van der Waals surface area contributed by atoms with Gasteiger partial charge in [0.25, 0.3) is 5.78 Å². The molecule has 8 heteroatoms. The maximum atomic E-state index is 12.7. The molecule has 0 atom stereocenters. The highest BCUT2D eigenvalue weighted by molar-refractivity contribution is 6.44. The van der Waals surface area contributed by atoms with Crippen molar-refractivity contribution in [2.45, 2.75) is 0 Å². The molecule has 0 fully saturated rings. The average molecular weight is 387 g/mol. The third kappa shape index (κ3) is 2.50. The Kier molecular flexibility index (Phi) is 3.38. The number of rotatable bonds is 3. The number of aromatic hydroxyl groups is 2. The monoisotopic (exact) mass is 387 g/mol. The van der Waals surface area contributed by atoms with E-state index in [0.29, 0.717) is 33.0 Å². The van der Waals surface area contributed by atoms with E-state index in [9.17, 15) is 24.9 Å². The fourth-order valence-corrected chi connectivity index (χ4v) is 3.65. The predicted octanol–water partition coefficient (Wildman–Crippen LogP) is 3.54. The second-order valence-electron chi connectivity index (χ2n) is 6.71. The standard InChI is InChI=1S/C21H13N3O5/c25-10-3-4-13-12(6-10)17-16(23-13)8-22-19(18(17)20(27)21(28)29)15-5-9-1-2-11(26)7-14(9)24-15/h1-8,23-26H,(H,28,29). The van der Waals surface area contributed by atoms with Crippen LogP contribution in [0.5, 0.6) is 11.5 Å². The summed E-state index contributed by atoms with van der Waals surface area (Å²) in [6, 6.07) is 11.1. The summed E-state index contributed by atoms with van der Waals surface area (Å²) in [5.74, 6) is -2.65. The van der Waals surface area contributed by atoms with Gasteiger partial charge in [0, 0.05) is 33.3 Å². The van der Waals surface area contributed by atoms with Crippen molar-refractivity contribution in [2.75, 3.05) is 0 Å². The lowest BCUT2D eigenvalue weighted by molar-refractivity contribution is -0.131. The Hall–Kier alpha value is -4.33. The number of hydrogen-bond acceptors (Lipinski definition) is 5. The molecule has 3 heterocycles. The Morgan fingerprint density at radius 2 is 1.62 bits per heavy atom. The van der Waals surface area contributed by atoms with Crippen molar-refractivity contribution in [2.24, 2.45) is 0 Å². The molecule has 8 nitrogen and oxygen atoms in total. The number of fused-ring (bicyclic) bond motifs is 4. The number of hydrogen-bond donors (Lipinski definition) is 5. The molecule has 142 valence electrons. The van der Waals surface area contributed by atoms with Crippen LogP contribution < -0.4 is 0 Å². The van der Waals surface area contributed by atoms with E-state index in [1.807, 2.05) is 0 Å². The first-order valence-corrected chi connectivity index (χ1v) is 8.65. The van der Waals surface area contributed by atoms with Gasteiger partial charge >= 0.3 is 5.97 Å². The molecule has 5 N–H and O–H groups in total. The molecule has 0 saturated carbocycles. The van der Waals surface area contributed by atoms with E-state index in [4.69, 9.17) is 0 Å². The minimum Gasteiger partial charge on any atom is -0.508 e. The summed E-state index contributed by atoms with van der Waals surface area (Å²) in [7, 11) is 0. The summed E-state index contributed by atoms with van der Waals surface area (Å²) in [6.07, 6.45) is 1.52. The third-order valence-corrected chi connectivity index (χ3v) is 4.90. The number of carbonyl (C=O) groups excluding carboxylic acids is 1. The molecule has 5 aromatic rings. The summed E-state index contributed by atoms with van der Waals surface area (Å²) in [5, 5.41) is 30.7. The summed E-state index contributed by atoms with van der Waals surface area (Å²) < 4.78 is 0. The van der Waals surface area contributed by atoms with Crippen molar-refractivity contribution in [3.63, 3.8) is 0 Å². The molecule has 3 aromatic heterocycles. The van der Waals surface area contributed by atoms with Gasteiger partial charge in [0.1, 0.15) is 11.5 Å². The van der Waals surface area contributed by atoms with Gasteiger partial charge in [-0.25, -0.2) is 4.79 Å². The lowest BCUT2D eigenvalue weighted by Gasteiger charge is -2.07. The summed E-state index contributed by atoms with van der Waals surface area (Å²) in [4.78, 5) is 34.8. The minimum atomic E-state index is -1.61. The van der Waals surface area contributed by atoms with Crippen LogP contribution in [0.4, 0.5) is 0 Å².